The molecule has 0 spiro atoms. The first-order valence-electron chi connectivity index (χ1n) is 10.8. The van der Waals surface area contributed by atoms with Crippen LogP contribution in [0.4, 0.5) is 23.4 Å². The van der Waals surface area contributed by atoms with Gasteiger partial charge < -0.3 is 15.3 Å². The summed E-state index contributed by atoms with van der Waals surface area (Å²) in [4.78, 5) is 29.9. The zero-order valence-corrected chi connectivity index (χ0v) is 17.8. The molecule has 34 heavy (non-hydrogen) atoms. The number of aromatic carboxylic acids is 1. The molecule has 1 saturated carbocycles. The Morgan fingerprint density at radius 3 is 2.59 bits per heavy atom. The van der Waals surface area contributed by atoms with Crippen LogP contribution in [0, 0.1) is 23.4 Å². The average Bonchev–Trinajstić information content (AvgIpc) is 3.54. The zero-order valence-electron chi connectivity index (χ0n) is 17.8. The first-order valence-corrected chi connectivity index (χ1v) is 10.8. The number of carbonyl (C=O) groups is 1. The molecule has 2 unspecified atom stereocenters. The van der Waals surface area contributed by atoms with Gasteiger partial charge in [-0.3, -0.25) is 9.36 Å². The number of carboxylic acid groups (broad SMARTS) is 1. The third-order valence-electron chi connectivity index (χ3n) is 6.22. The fourth-order valence-corrected chi connectivity index (χ4v) is 4.25. The van der Waals surface area contributed by atoms with Gasteiger partial charge in [-0.2, -0.15) is 0 Å². The maximum atomic E-state index is 15.1. The Hall–Kier alpha value is -3.47. The molecule has 11 heteroatoms. The number of pyridine rings is 2. The van der Waals surface area contributed by atoms with E-state index in [2.05, 4.69) is 10.3 Å². The highest BCUT2D eigenvalue weighted by molar-refractivity contribution is 5.92. The lowest BCUT2D eigenvalue weighted by atomic mass is 10.1. The number of fused-ring (bicyclic) bond motifs is 1. The molecule has 2 atom stereocenters. The number of hydrogen-bond donors (Lipinski definition) is 2. The lowest BCUT2D eigenvalue weighted by Crippen LogP contribution is -2.30. The van der Waals surface area contributed by atoms with Gasteiger partial charge in [0.05, 0.1) is 17.6 Å². The van der Waals surface area contributed by atoms with Crippen molar-refractivity contribution in [1.29, 1.82) is 0 Å². The number of hydrogen-bond acceptors (Lipinski definition) is 5. The number of nitrogens with one attached hydrogen (secondary N) is 1. The normalized spacial score (nSPS) is 20.3. The number of nitrogens with zero attached hydrogens (tertiary/aromatic N) is 3. The predicted molar refractivity (Wildman–Crippen MR) is 116 cm³/mol. The predicted octanol–water partition coefficient (Wildman–Crippen LogP) is 3.03. The second kappa shape index (κ2) is 8.39. The van der Waals surface area contributed by atoms with Gasteiger partial charge in [0, 0.05) is 37.3 Å². The fourth-order valence-electron chi connectivity index (χ4n) is 4.25. The van der Waals surface area contributed by atoms with Gasteiger partial charge >= 0.3 is 5.97 Å². The van der Waals surface area contributed by atoms with Crippen LogP contribution in [-0.2, 0) is 0 Å². The lowest BCUT2D eigenvalue weighted by Gasteiger charge is -2.20. The molecule has 2 fully saturated rings. The van der Waals surface area contributed by atoms with Crippen LogP contribution in [0.25, 0.3) is 16.7 Å². The SMILES string of the molecule is O=C(O)c1cn(-c2ccc(F)cc2F)c2nc(N3CC(F)C(CNC4CC4)C3)c(F)cc2c1=O. The van der Waals surface area contributed by atoms with E-state index in [1.165, 1.54) is 4.90 Å². The van der Waals surface area contributed by atoms with Crippen LogP contribution in [-0.4, -0.2) is 52.5 Å². The Morgan fingerprint density at radius 1 is 1.15 bits per heavy atom. The molecule has 5 rings (SSSR count). The van der Waals surface area contributed by atoms with Crippen molar-refractivity contribution in [2.75, 3.05) is 24.5 Å². The number of anilines is 1. The molecule has 1 aliphatic heterocycles. The molecule has 1 aromatic carbocycles. The number of carboxylic acids is 1. The van der Waals surface area contributed by atoms with Crippen molar-refractivity contribution in [2.24, 2.45) is 5.92 Å². The van der Waals surface area contributed by atoms with Gasteiger partial charge in [-0.15, -0.1) is 0 Å². The zero-order chi connectivity index (χ0) is 24.1. The second-order valence-electron chi connectivity index (χ2n) is 8.67. The summed E-state index contributed by atoms with van der Waals surface area (Å²) < 4.78 is 58.7. The third kappa shape index (κ3) is 4.00. The Morgan fingerprint density at radius 2 is 1.91 bits per heavy atom. The van der Waals surface area contributed by atoms with Crippen molar-refractivity contribution in [1.82, 2.24) is 14.9 Å². The fraction of sp³-hybridized carbons (Fsp3) is 0.348. The Kier molecular flexibility index (Phi) is 5.51. The number of alkyl halides is 1. The molecule has 3 heterocycles. The standard InChI is InChI=1S/C23H20F4N4O3/c24-12-1-4-19(16(25)5-12)31-9-15(23(33)34)20(32)14-6-17(26)22(29-21(14)31)30-8-11(18(27)10-30)7-28-13-2-3-13/h1,4-6,9,11,13,18,28H,2-3,7-8,10H2,(H,33,34). The molecule has 0 bridgehead atoms. The molecular weight excluding hydrogens is 456 g/mol. The molecule has 178 valence electrons. The van der Waals surface area contributed by atoms with E-state index in [4.69, 9.17) is 0 Å². The van der Waals surface area contributed by atoms with Gasteiger partial charge in [0.1, 0.15) is 23.4 Å². The summed E-state index contributed by atoms with van der Waals surface area (Å²) in [5, 5.41) is 12.3. The van der Waals surface area contributed by atoms with Crippen LogP contribution in [0.1, 0.15) is 23.2 Å². The molecule has 2 N–H and O–H groups in total. The number of rotatable bonds is 6. The summed E-state index contributed by atoms with van der Waals surface area (Å²) in [5.41, 5.74) is -2.25. The van der Waals surface area contributed by atoms with E-state index in [9.17, 15) is 27.9 Å². The molecule has 2 aromatic heterocycles. The Labute approximate surface area is 190 Å². The van der Waals surface area contributed by atoms with Crippen molar-refractivity contribution in [3.8, 4) is 5.69 Å². The first-order chi connectivity index (χ1) is 16.2. The molecule has 7 nitrogen and oxygen atoms in total. The number of aromatic nitrogens is 2. The summed E-state index contributed by atoms with van der Waals surface area (Å²) in [6, 6.07) is 3.82. The molecule has 1 aliphatic carbocycles. The first kappa shape index (κ1) is 22.3. The highest BCUT2D eigenvalue weighted by atomic mass is 19.1. The summed E-state index contributed by atoms with van der Waals surface area (Å²) >= 11 is 0. The average molecular weight is 476 g/mol. The van der Waals surface area contributed by atoms with Crippen LogP contribution in [0.5, 0.6) is 0 Å². The summed E-state index contributed by atoms with van der Waals surface area (Å²) in [7, 11) is 0. The van der Waals surface area contributed by atoms with Crippen LogP contribution < -0.4 is 15.6 Å². The van der Waals surface area contributed by atoms with E-state index >= 15 is 4.39 Å². The maximum Gasteiger partial charge on any atom is 0.341 e. The Bertz CT molecular complexity index is 1360. The minimum Gasteiger partial charge on any atom is -0.477 e. The maximum absolute atomic E-state index is 15.1. The smallest absolute Gasteiger partial charge is 0.341 e. The molecular formula is C23H20F4N4O3. The van der Waals surface area contributed by atoms with E-state index in [1.807, 2.05) is 0 Å². The monoisotopic (exact) mass is 476 g/mol. The minimum absolute atomic E-state index is 0.116. The topological polar surface area (TPSA) is 87.5 Å². The van der Waals surface area contributed by atoms with E-state index in [0.717, 1.165) is 41.8 Å². The van der Waals surface area contributed by atoms with Crippen molar-refractivity contribution < 1.29 is 27.5 Å². The van der Waals surface area contributed by atoms with Gasteiger partial charge in [-0.1, -0.05) is 0 Å². The summed E-state index contributed by atoms with van der Waals surface area (Å²) in [6.45, 7) is 0.498. The van der Waals surface area contributed by atoms with E-state index in [1.54, 1.807) is 0 Å². The summed E-state index contributed by atoms with van der Waals surface area (Å²) in [6.07, 6.45) is 1.73. The van der Waals surface area contributed by atoms with Crippen molar-refractivity contribution in [3.63, 3.8) is 0 Å². The third-order valence-corrected chi connectivity index (χ3v) is 6.22. The largest absolute Gasteiger partial charge is 0.477 e. The van der Waals surface area contributed by atoms with E-state index in [-0.39, 0.29) is 36.2 Å². The van der Waals surface area contributed by atoms with Gasteiger partial charge in [-0.05, 0) is 31.0 Å². The molecule has 0 amide bonds. The van der Waals surface area contributed by atoms with Crippen molar-refractivity contribution >= 4 is 22.8 Å². The van der Waals surface area contributed by atoms with Gasteiger partial charge in [0.25, 0.3) is 0 Å². The van der Waals surface area contributed by atoms with Crippen molar-refractivity contribution in [2.45, 2.75) is 25.1 Å². The summed E-state index contributed by atoms with van der Waals surface area (Å²) in [5.74, 6) is -5.04. The minimum atomic E-state index is -1.60. The Balaban J connectivity index is 1.63. The van der Waals surface area contributed by atoms with E-state index in [0.29, 0.717) is 18.7 Å². The lowest BCUT2D eigenvalue weighted by molar-refractivity contribution is 0.0695. The molecule has 1 saturated heterocycles. The van der Waals surface area contributed by atoms with E-state index < -0.39 is 46.0 Å². The quantitative estimate of drug-likeness (QED) is 0.532. The van der Waals surface area contributed by atoms with Gasteiger partial charge in [0.2, 0.25) is 5.43 Å². The number of halogens is 4. The van der Waals surface area contributed by atoms with Crippen molar-refractivity contribution in [3.05, 3.63) is 63.7 Å². The van der Waals surface area contributed by atoms with Crippen LogP contribution in [0.2, 0.25) is 0 Å². The molecule has 3 aromatic rings. The van der Waals surface area contributed by atoms with Gasteiger partial charge in [-0.25, -0.2) is 27.3 Å². The highest BCUT2D eigenvalue weighted by Crippen LogP contribution is 2.30. The van der Waals surface area contributed by atoms with Crippen LogP contribution >= 0.6 is 0 Å². The number of benzene rings is 1. The van der Waals surface area contributed by atoms with Crippen LogP contribution in [0.3, 0.4) is 0 Å². The molecule has 2 aliphatic rings. The van der Waals surface area contributed by atoms with Crippen LogP contribution in [0.15, 0.2) is 35.3 Å². The second-order valence-corrected chi connectivity index (χ2v) is 8.67. The van der Waals surface area contributed by atoms with Gasteiger partial charge in [0.15, 0.2) is 17.3 Å². The highest BCUT2D eigenvalue weighted by Gasteiger charge is 2.36. The molecule has 0 radical (unpaired) electrons.